The Labute approximate surface area is 154 Å². The number of H-pyrrole nitrogens is 1. The number of fused-ring (bicyclic) bond motifs is 1. The van der Waals surface area contributed by atoms with E-state index in [9.17, 15) is 9.18 Å². The maximum absolute atomic E-state index is 13.0. The van der Waals surface area contributed by atoms with Gasteiger partial charge in [-0.15, -0.1) is 0 Å². The first-order chi connectivity index (χ1) is 13.1. The van der Waals surface area contributed by atoms with Gasteiger partial charge in [0.05, 0.1) is 17.3 Å². The van der Waals surface area contributed by atoms with Gasteiger partial charge in [0, 0.05) is 24.4 Å². The first-order valence-electron chi connectivity index (χ1n) is 8.50. The molecular formula is C20H17FN4O2. The zero-order chi connectivity index (χ0) is 18.8. The van der Waals surface area contributed by atoms with Crippen LogP contribution in [0.25, 0.3) is 10.8 Å². The van der Waals surface area contributed by atoms with Crippen molar-refractivity contribution in [3.05, 3.63) is 81.7 Å². The second-order valence-corrected chi connectivity index (χ2v) is 6.23. The lowest BCUT2D eigenvalue weighted by Gasteiger charge is -2.18. The molecule has 0 bridgehead atoms. The Bertz CT molecular complexity index is 1100. The number of hydrogen-bond acceptors (Lipinski definition) is 5. The van der Waals surface area contributed by atoms with Crippen LogP contribution in [0.5, 0.6) is 5.75 Å². The summed E-state index contributed by atoms with van der Waals surface area (Å²) in [5, 5.41) is 7.78. The topological polar surface area (TPSA) is 93.4 Å². The number of aromatic nitrogens is 2. The third-order valence-electron chi connectivity index (χ3n) is 4.45. The van der Waals surface area contributed by atoms with Gasteiger partial charge in [-0.05, 0) is 48.0 Å². The molecule has 0 amide bonds. The molecule has 1 aliphatic heterocycles. The van der Waals surface area contributed by atoms with Crippen molar-refractivity contribution >= 4 is 17.0 Å². The molecule has 1 aliphatic rings. The highest BCUT2D eigenvalue weighted by molar-refractivity contribution is 5.84. The number of hydrogen-bond donors (Lipinski definition) is 2. The lowest BCUT2D eigenvalue weighted by molar-refractivity contribution is 0.448. The highest BCUT2D eigenvalue weighted by Gasteiger charge is 2.16. The standard InChI is InChI=1S/C20H17FN4O2/c21-14-2-4-15(5-3-14)27-16-7-13(10-23-11-16)12-1-6-17-18(8-12)19(9-22)24-25-20(17)26/h1-8,11,13H,9-10,22H2,(H,25,26). The van der Waals surface area contributed by atoms with Crippen molar-refractivity contribution in [3.63, 3.8) is 0 Å². The van der Waals surface area contributed by atoms with Crippen molar-refractivity contribution in [2.45, 2.75) is 12.5 Å². The van der Waals surface area contributed by atoms with Crippen LogP contribution in [0.2, 0.25) is 0 Å². The summed E-state index contributed by atoms with van der Waals surface area (Å²) in [5.41, 5.74) is 7.13. The van der Waals surface area contributed by atoms with Crippen LogP contribution in [-0.4, -0.2) is 23.0 Å². The molecule has 0 aliphatic carbocycles. The zero-order valence-corrected chi connectivity index (χ0v) is 14.4. The van der Waals surface area contributed by atoms with Gasteiger partial charge in [-0.1, -0.05) is 6.07 Å². The van der Waals surface area contributed by atoms with E-state index in [1.807, 2.05) is 18.2 Å². The van der Waals surface area contributed by atoms with Gasteiger partial charge in [-0.25, -0.2) is 9.49 Å². The average molecular weight is 364 g/mol. The maximum atomic E-state index is 13.0. The Kier molecular flexibility index (Phi) is 4.52. The fourth-order valence-corrected chi connectivity index (χ4v) is 3.07. The van der Waals surface area contributed by atoms with Gasteiger partial charge in [-0.3, -0.25) is 9.79 Å². The summed E-state index contributed by atoms with van der Waals surface area (Å²) in [6, 6.07) is 11.4. The van der Waals surface area contributed by atoms with E-state index in [4.69, 9.17) is 10.5 Å². The van der Waals surface area contributed by atoms with Gasteiger partial charge in [0.25, 0.3) is 5.56 Å². The summed E-state index contributed by atoms with van der Waals surface area (Å²) in [5.74, 6) is 0.789. The summed E-state index contributed by atoms with van der Waals surface area (Å²) in [6.45, 7) is 0.796. The number of aromatic amines is 1. The lowest BCUT2D eigenvalue weighted by Crippen LogP contribution is -2.14. The molecule has 3 N–H and O–H groups in total. The number of dihydropyridines is 1. The second kappa shape index (κ2) is 7.13. The van der Waals surface area contributed by atoms with Gasteiger partial charge < -0.3 is 10.5 Å². The van der Waals surface area contributed by atoms with E-state index in [2.05, 4.69) is 15.2 Å². The summed E-state index contributed by atoms with van der Waals surface area (Å²) in [6.07, 6.45) is 3.61. The lowest BCUT2D eigenvalue weighted by atomic mass is 9.94. The zero-order valence-electron chi connectivity index (χ0n) is 14.4. The minimum Gasteiger partial charge on any atom is -0.456 e. The summed E-state index contributed by atoms with van der Waals surface area (Å²) in [7, 11) is 0. The Hall–Kier alpha value is -3.32. The van der Waals surface area contributed by atoms with Crippen LogP contribution in [0.3, 0.4) is 0 Å². The number of benzene rings is 2. The number of ether oxygens (including phenoxy) is 1. The fourth-order valence-electron chi connectivity index (χ4n) is 3.07. The van der Waals surface area contributed by atoms with Crippen molar-refractivity contribution in [2.24, 2.45) is 10.7 Å². The molecule has 2 heterocycles. The molecule has 0 saturated carbocycles. The molecule has 1 atom stereocenters. The van der Waals surface area contributed by atoms with Crippen LogP contribution in [0.4, 0.5) is 4.39 Å². The van der Waals surface area contributed by atoms with Crippen LogP contribution >= 0.6 is 0 Å². The number of rotatable bonds is 4. The van der Waals surface area contributed by atoms with E-state index < -0.39 is 0 Å². The molecule has 0 spiro atoms. The average Bonchev–Trinajstić information content (AvgIpc) is 2.70. The molecule has 0 radical (unpaired) electrons. The Morgan fingerprint density at radius 2 is 2.00 bits per heavy atom. The Balaban J connectivity index is 1.66. The quantitative estimate of drug-likeness (QED) is 0.744. The summed E-state index contributed by atoms with van der Waals surface area (Å²) in [4.78, 5) is 16.3. The van der Waals surface area contributed by atoms with Crippen molar-refractivity contribution in [2.75, 3.05) is 6.54 Å². The molecule has 1 aromatic heterocycles. The van der Waals surface area contributed by atoms with Crippen LogP contribution in [-0.2, 0) is 6.54 Å². The third-order valence-corrected chi connectivity index (χ3v) is 4.45. The van der Waals surface area contributed by atoms with Crippen molar-refractivity contribution < 1.29 is 9.13 Å². The highest BCUT2D eigenvalue weighted by atomic mass is 19.1. The monoisotopic (exact) mass is 364 g/mol. The first-order valence-corrected chi connectivity index (χ1v) is 8.50. The van der Waals surface area contributed by atoms with Gasteiger partial charge in [-0.2, -0.15) is 5.10 Å². The SMILES string of the molecule is NCc1n[nH]c(=O)c2ccc(C3C=C(Oc4ccc(F)cc4)C=NC3)cc12. The van der Waals surface area contributed by atoms with Crippen LogP contribution in [0.15, 0.2) is 64.1 Å². The minimum atomic E-state index is -0.318. The van der Waals surface area contributed by atoms with E-state index in [0.29, 0.717) is 29.1 Å². The van der Waals surface area contributed by atoms with E-state index >= 15 is 0 Å². The normalized spacial score (nSPS) is 16.4. The number of aliphatic imine (C=N–C) groups is 1. The predicted octanol–water partition coefficient (Wildman–Crippen LogP) is 2.65. The van der Waals surface area contributed by atoms with Crippen LogP contribution < -0.4 is 16.0 Å². The largest absolute Gasteiger partial charge is 0.456 e. The third kappa shape index (κ3) is 3.50. The molecule has 27 heavy (non-hydrogen) atoms. The molecule has 136 valence electrons. The summed E-state index contributed by atoms with van der Waals surface area (Å²) < 4.78 is 18.8. The van der Waals surface area contributed by atoms with Crippen LogP contribution in [0, 0.1) is 5.82 Å². The Morgan fingerprint density at radius 3 is 2.78 bits per heavy atom. The fraction of sp³-hybridized carbons (Fsp3) is 0.150. The number of halogens is 1. The van der Waals surface area contributed by atoms with Gasteiger partial charge >= 0.3 is 0 Å². The smallest absolute Gasteiger partial charge is 0.272 e. The Morgan fingerprint density at radius 1 is 1.19 bits per heavy atom. The maximum Gasteiger partial charge on any atom is 0.272 e. The molecule has 0 fully saturated rings. The van der Waals surface area contributed by atoms with E-state index in [1.54, 1.807) is 24.4 Å². The molecule has 0 saturated heterocycles. The minimum absolute atomic E-state index is 0.0141. The van der Waals surface area contributed by atoms with E-state index in [0.717, 1.165) is 10.9 Å². The molecule has 4 rings (SSSR count). The molecule has 3 aromatic rings. The van der Waals surface area contributed by atoms with Crippen LogP contribution in [0.1, 0.15) is 17.2 Å². The number of nitrogens with zero attached hydrogens (tertiary/aromatic N) is 2. The van der Waals surface area contributed by atoms with Gasteiger partial charge in [0.1, 0.15) is 17.3 Å². The molecular weight excluding hydrogens is 347 g/mol. The van der Waals surface area contributed by atoms with Crippen molar-refractivity contribution in [3.8, 4) is 5.75 Å². The summed E-state index contributed by atoms with van der Waals surface area (Å²) >= 11 is 0. The molecule has 2 aromatic carbocycles. The van der Waals surface area contributed by atoms with E-state index in [-0.39, 0.29) is 23.8 Å². The van der Waals surface area contributed by atoms with Crippen molar-refractivity contribution in [1.29, 1.82) is 0 Å². The molecule has 7 heteroatoms. The second-order valence-electron chi connectivity index (χ2n) is 6.23. The van der Waals surface area contributed by atoms with Gasteiger partial charge in [0.15, 0.2) is 0 Å². The molecule has 1 unspecified atom stereocenters. The number of nitrogens with two attached hydrogens (primary N) is 1. The number of allylic oxidation sites excluding steroid dienone is 1. The highest BCUT2D eigenvalue weighted by Crippen LogP contribution is 2.26. The van der Waals surface area contributed by atoms with E-state index in [1.165, 1.54) is 12.1 Å². The van der Waals surface area contributed by atoms with Crippen molar-refractivity contribution in [1.82, 2.24) is 10.2 Å². The van der Waals surface area contributed by atoms with Gasteiger partial charge in [0.2, 0.25) is 0 Å². The first kappa shape index (κ1) is 17.1. The molecule has 6 nitrogen and oxygen atoms in total. The number of nitrogens with one attached hydrogen (secondary N) is 1. The predicted molar refractivity (Wildman–Crippen MR) is 101 cm³/mol.